The summed E-state index contributed by atoms with van der Waals surface area (Å²) in [6.45, 7) is 3.46. The van der Waals surface area contributed by atoms with Crippen LogP contribution in [0.25, 0.3) is 6.08 Å². The Balaban J connectivity index is 1.94. The van der Waals surface area contributed by atoms with Crippen LogP contribution >= 0.6 is 0 Å². The van der Waals surface area contributed by atoms with E-state index < -0.39 is 23.1 Å². The number of halogens is 3. The molecule has 3 N–H and O–H groups in total. The highest BCUT2D eigenvalue weighted by Crippen LogP contribution is 2.32. The minimum Gasteiger partial charge on any atom is -0.484 e. The molecule has 0 spiro atoms. The second-order valence-corrected chi connectivity index (χ2v) is 7.34. The van der Waals surface area contributed by atoms with E-state index in [-0.39, 0.29) is 19.1 Å². The smallest absolute Gasteiger partial charge is 0.416 e. The molecule has 0 aliphatic rings. The molecule has 0 saturated heterocycles. The number of nitrogens with two attached hydrogens (primary N) is 1. The molecule has 0 heterocycles. The van der Waals surface area contributed by atoms with Crippen LogP contribution in [-0.2, 0) is 21.2 Å². The lowest BCUT2D eigenvalue weighted by Crippen LogP contribution is -2.36. The molecule has 0 saturated carbocycles. The summed E-state index contributed by atoms with van der Waals surface area (Å²) in [7, 11) is 0. The van der Waals surface area contributed by atoms with Crippen LogP contribution in [0, 0.1) is 0 Å². The summed E-state index contributed by atoms with van der Waals surface area (Å²) in [5, 5.41) is 2.71. The number of primary amides is 1. The van der Waals surface area contributed by atoms with Gasteiger partial charge >= 0.3 is 6.18 Å². The summed E-state index contributed by atoms with van der Waals surface area (Å²) >= 11 is 0. The van der Waals surface area contributed by atoms with Crippen molar-refractivity contribution in [3.63, 3.8) is 0 Å². The first-order valence-electron chi connectivity index (χ1n) is 9.12. The van der Waals surface area contributed by atoms with Crippen molar-refractivity contribution in [2.24, 2.45) is 5.73 Å². The molecule has 2 rings (SSSR count). The zero-order valence-corrected chi connectivity index (χ0v) is 16.6. The van der Waals surface area contributed by atoms with Crippen molar-refractivity contribution in [3.8, 4) is 5.75 Å². The number of benzene rings is 2. The van der Waals surface area contributed by atoms with Crippen molar-refractivity contribution < 1.29 is 27.5 Å². The van der Waals surface area contributed by atoms with E-state index in [4.69, 9.17) is 10.5 Å². The maximum absolute atomic E-state index is 12.9. The number of alkyl halides is 3. The number of carbonyl (C=O) groups excluding carboxylic acids is 2. The molecular weight excluding hydrogens is 397 g/mol. The maximum Gasteiger partial charge on any atom is 0.416 e. The van der Waals surface area contributed by atoms with Crippen molar-refractivity contribution in [3.05, 3.63) is 71.3 Å². The molecule has 8 heteroatoms. The Labute approximate surface area is 172 Å². The van der Waals surface area contributed by atoms with Crippen LogP contribution in [0.4, 0.5) is 13.2 Å². The Morgan fingerprint density at radius 1 is 1.07 bits per heavy atom. The van der Waals surface area contributed by atoms with E-state index >= 15 is 0 Å². The van der Waals surface area contributed by atoms with Gasteiger partial charge < -0.3 is 15.8 Å². The van der Waals surface area contributed by atoms with E-state index in [1.165, 1.54) is 12.1 Å². The lowest BCUT2D eigenvalue weighted by atomic mass is 9.83. The Morgan fingerprint density at radius 2 is 1.70 bits per heavy atom. The van der Waals surface area contributed by atoms with Crippen molar-refractivity contribution in [1.82, 2.24) is 5.32 Å². The van der Waals surface area contributed by atoms with Gasteiger partial charge in [0.2, 0.25) is 5.91 Å². The lowest BCUT2D eigenvalue weighted by molar-refractivity contribution is -0.137. The first kappa shape index (κ1) is 23.0. The number of ether oxygens (including phenoxy) is 1. The average molecular weight is 420 g/mol. The number of nitrogens with one attached hydrogen (secondary N) is 1. The zero-order valence-electron chi connectivity index (χ0n) is 16.6. The van der Waals surface area contributed by atoms with Gasteiger partial charge in [-0.15, -0.1) is 0 Å². The molecule has 30 heavy (non-hydrogen) atoms. The zero-order chi connectivity index (χ0) is 22.4. The third-order valence-electron chi connectivity index (χ3n) is 4.36. The summed E-state index contributed by atoms with van der Waals surface area (Å²) in [5.74, 6) is -0.481. The van der Waals surface area contributed by atoms with Gasteiger partial charge in [0.15, 0.2) is 6.61 Å². The van der Waals surface area contributed by atoms with Crippen LogP contribution in [0.5, 0.6) is 5.75 Å². The van der Waals surface area contributed by atoms with Crippen LogP contribution in [-0.4, -0.2) is 25.0 Å². The van der Waals surface area contributed by atoms with Gasteiger partial charge in [-0.25, -0.2) is 0 Å². The quantitative estimate of drug-likeness (QED) is 0.640. The Bertz CT molecular complexity index is 920. The van der Waals surface area contributed by atoms with Gasteiger partial charge in [0.1, 0.15) is 5.75 Å². The largest absolute Gasteiger partial charge is 0.484 e. The summed E-state index contributed by atoms with van der Waals surface area (Å²) in [5.41, 5.74) is 4.80. The first-order chi connectivity index (χ1) is 14.0. The summed E-state index contributed by atoms with van der Waals surface area (Å²) in [4.78, 5) is 22.8. The summed E-state index contributed by atoms with van der Waals surface area (Å²) in [6.07, 6.45) is -1.50. The summed E-state index contributed by atoms with van der Waals surface area (Å²) in [6, 6.07) is 11.8. The van der Waals surface area contributed by atoms with Crippen molar-refractivity contribution in [1.29, 1.82) is 0 Å². The predicted octanol–water partition coefficient (Wildman–Crippen LogP) is 3.68. The number of rotatable bonds is 8. The molecule has 160 valence electrons. The number of hydrogen-bond donors (Lipinski definition) is 2. The van der Waals surface area contributed by atoms with E-state index in [0.717, 1.165) is 17.7 Å². The van der Waals surface area contributed by atoms with Crippen molar-refractivity contribution in [2.75, 3.05) is 13.2 Å². The molecule has 0 bridgehead atoms. The van der Waals surface area contributed by atoms with Crippen LogP contribution < -0.4 is 15.8 Å². The van der Waals surface area contributed by atoms with Gasteiger partial charge in [-0.2, -0.15) is 13.2 Å². The Kier molecular flexibility index (Phi) is 7.26. The second-order valence-electron chi connectivity index (χ2n) is 7.34. The van der Waals surface area contributed by atoms with Crippen molar-refractivity contribution >= 4 is 17.9 Å². The average Bonchev–Trinajstić information content (AvgIpc) is 2.69. The van der Waals surface area contributed by atoms with Gasteiger partial charge in [0.05, 0.1) is 5.56 Å². The number of carbonyl (C=O) groups is 2. The maximum atomic E-state index is 12.9. The SMILES string of the molecule is CC(C)(CNC(=O)/C=C/c1ccc(OCC(N)=O)cc1)c1cccc(C(F)(F)F)c1. The van der Waals surface area contributed by atoms with Crippen LogP contribution in [0.15, 0.2) is 54.6 Å². The monoisotopic (exact) mass is 420 g/mol. The molecule has 2 amide bonds. The standard InChI is InChI=1S/C22H23F3N2O3/c1-21(2,16-4-3-5-17(12-16)22(23,24)25)14-27-20(29)11-8-15-6-9-18(10-7-15)30-13-19(26)28/h3-12H,13-14H2,1-2H3,(H2,26,28)(H,27,29)/b11-8+. The molecule has 0 aliphatic carbocycles. The predicted molar refractivity (Wildman–Crippen MR) is 108 cm³/mol. The third-order valence-corrected chi connectivity index (χ3v) is 4.36. The highest BCUT2D eigenvalue weighted by molar-refractivity contribution is 5.91. The normalized spacial score (nSPS) is 12.0. The molecule has 0 radical (unpaired) electrons. The van der Waals surface area contributed by atoms with Crippen LogP contribution in [0.2, 0.25) is 0 Å². The minimum absolute atomic E-state index is 0.164. The Morgan fingerprint density at radius 3 is 2.30 bits per heavy atom. The fourth-order valence-electron chi connectivity index (χ4n) is 2.59. The highest BCUT2D eigenvalue weighted by Gasteiger charge is 2.32. The highest BCUT2D eigenvalue weighted by atomic mass is 19.4. The molecule has 2 aromatic rings. The fraction of sp³-hybridized carbons (Fsp3) is 0.273. The van der Waals surface area contributed by atoms with E-state index in [1.807, 2.05) is 0 Å². The molecule has 5 nitrogen and oxygen atoms in total. The van der Waals surface area contributed by atoms with Gasteiger partial charge in [0.25, 0.3) is 5.91 Å². The van der Waals surface area contributed by atoms with Crippen LogP contribution in [0.3, 0.4) is 0 Å². The van der Waals surface area contributed by atoms with Crippen molar-refractivity contribution in [2.45, 2.75) is 25.4 Å². The van der Waals surface area contributed by atoms with E-state index in [0.29, 0.717) is 11.3 Å². The third kappa shape index (κ3) is 6.95. The molecule has 2 aromatic carbocycles. The number of hydrogen-bond acceptors (Lipinski definition) is 3. The van der Waals surface area contributed by atoms with E-state index in [1.54, 1.807) is 50.3 Å². The lowest BCUT2D eigenvalue weighted by Gasteiger charge is -2.26. The molecule has 0 unspecified atom stereocenters. The molecule has 0 aromatic heterocycles. The molecule has 0 atom stereocenters. The van der Waals surface area contributed by atoms with Gasteiger partial charge in [-0.05, 0) is 35.4 Å². The molecule has 0 aliphatic heterocycles. The second kappa shape index (κ2) is 9.47. The van der Waals surface area contributed by atoms with Gasteiger partial charge in [-0.1, -0.05) is 44.2 Å². The van der Waals surface area contributed by atoms with Crippen LogP contribution in [0.1, 0.15) is 30.5 Å². The van der Waals surface area contributed by atoms with Gasteiger partial charge in [0, 0.05) is 18.0 Å². The Hall–Kier alpha value is -3.29. The summed E-state index contributed by atoms with van der Waals surface area (Å²) < 4.78 is 43.9. The van der Waals surface area contributed by atoms with E-state index in [2.05, 4.69) is 5.32 Å². The minimum atomic E-state index is -4.42. The number of amides is 2. The molecular formula is C22H23F3N2O3. The van der Waals surface area contributed by atoms with Gasteiger partial charge in [-0.3, -0.25) is 9.59 Å². The topological polar surface area (TPSA) is 81.4 Å². The molecule has 0 fully saturated rings. The van der Waals surface area contributed by atoms with E-state index in [9.17, 15) is 22.8 Å². The fourth-order valence-corrected chi connectivity index (χ4v) is 2.59. The first-order valence-corrected chi connectivity index (χ1v) is 9.12.